The molecule has 0 bridgehead atoms. The molecule has 2 aromatic rings. The molecule has 0 saturated carbocycles. The molecule has 7 nitrogen and oxygen atoms in total. The Balaban J connectivity index is 1.68. The van der Waals surface area contributed by atoms with Crippen LogP contribution in [0.25, 0.3) is 0 Å². The number of benzene rings is 2. The number of rotatable bonds is 8. The number of hydrogen-bond donors (Lipinski definition) is 3. The maximum atomic E-state index is 12.2. The van der Waals surface area contributed by atoms with Crippen LogP contribution in [-0.4, -0.2) is 37.4 Å². The summed E-state index contributed by atoms with van der Waals surface area (Å²) < 4.78 is 25.6. The van der Waals surface area contributed by atoms with Crippen molar-refractivity contribution in [1.82, 2.24) is 5.43 Å². The van der Waals surface area contributed by atoms with Crippen molar-refractivity contribution in [2.45, 2.75) is 31.8 Å². The van der Waals surface area contributed by atoms with Gasteiger partial charge in [0.1, 0.15) is 0 Å². The number of carboxylic acid groups (broad SMARTS) is 1. The highest BCUT2D eigenvalue weighted by molar-refractivity contribution is 7.92. The minimum atomic E-state index is -3.55. The average Bonchev–Trinajstić information content (AvgIpc) is 3.01. The van der Waals surface area contributed by atoms with E-state index in [1.54, 1.807) is 42.5 Å². The Labute approximate surface area is 164 Å². The first-order chi connectivity index (χ1) is 13.3. The Morgan fingerprint density at radius 3 is 2.71 bits per heavy atom. The van der Waals surface area contributed by atoms with Crippen molar-refractivity contribution >= 4 is 21.7 Å². The van der Waals surface area contributed by atoms with Gasteiger partial charge in [-0.25, -0.2) is 23.1 Å². The van der Waals surface area contributed by atoms with Crippen LogP contribution in [0.2, 0.25) is 0 Å². The van der Waals surface area contributed by atoms with E-state index in [0.29, 0.717) is 43.5 Å². The summed E-state index contributed by atoms with van der Waals surface area (Å²) in [6.07, 6.45) is 3.09. The number of aliphatic hydroxyl groups excluding tert-OH is 1. The van der Waals surface area contributed by atoms with Gasteiger partial charge in [-0.1, -0.05) is 24.3 Å². The SMILES string of the molecule is CS(=O)(=O)N(NCCCc1ccccc1C(=O)O)c1ccc2c(c1)CCC2O. The molecule has 150 valence electrons. The number of nitrogens with one attached hydrogen (secondary N) is 1. The first-order valence-electron chi connectivity index (χ1n) is 9.13. The van der Waals surface area contributed by atoms with Crippen LogP contribution in [0, 0.1) is 0 Å². The van der Waals surface area contributed by atoms with E-state index in [0.717, 1.165) is 21.8 Å². The fraction of sp³-hybridized carbons (Fsp3) is 0.350. The number of hydrogen-bond acceptors (Lipinski definition) is 5. The molecule has 0 aliphatic heterocycles. The quantitative estimate of drug-likeness (QED) is 0.460. The van der Waals surface area contributed by atoms with Crippen LogP contribution < -0.4 is 9.84 Å². The predicted molar refractivity (Wildman–Crippen MR) is 107 cm³/mol. The van der Waals surface area contributed by atoms with Crippen LogP contribution in [0.5, 0.6) is 0 Å². The Kier molecular flexibility index (Phi) is 6.02. The normalized spacial score (nSPS) is 16.0. The molecular formula is C20H24N2O5S. The smallest absolute Gasteiger partial charge is 0.335 e. The lowest BCUT2D eigenvalue weighted by Crippen LogP contribution is -2.43. The van der Waals surface area contributed by atoms with Crippen molar-refractivity contribution in [3.8, 4) is 0 Å². The molecule has 1 unspecified atom stereocenters. The highest BCUT2D eigenvalue weighted by atomic mass is 32.2. The fourth-order valence-corrected chi connectivity index (χ4v) is 4.34. The van der Waals surface area contributed by atoms with Crippen LogP contribution in [0.3, 0.4) is 0 Å². The van der Waals surface area contributed by atoms with Gasteiger partial charge in [-0.15, -0.1) is 0 Å². The lowest BCUT2D eigenvalue weighted by Gasteiger charge is -2.24. The highest BCUT2D eigenvalue weighted by Crippen LogP contribution is 2.33. The lowest BCUT2D eigenvalue weighted by atomic mass is 10.0. The first kappa shape index (κ1) is 20.3. The van der Waals surface area contributed by atoms with E-state index >= 15 is 0 Å². The number of hydrazine groups is 1. The number of aromatic carboxylic acids is 1. The van der Waals surface area contributed by atoms with Gasteiger partial charge >= 0.3 is 5.97 Å². The van der Waals surface area contributed by atoms with Gasteiger partial charge in [0.05, 0.1) is 23.6 Å². The molecule has 0 fully saturated rings. The van der Waals surface area contributed by atoms with Crippen molar-refractivity contribution in [3.63, 3.8) is 0 Å². The summed E-state index contributed by atoms with van der Waals surface area (Å²) in [5.41, 5.74) is 6.22. The fourth-order valence-electron chi connectivity index (χ4n) is 3.51. The molecule has 1 aliphatic rings. The van der Waals surface area contributed by atoms with Gasteiger partial charge in [0.25, 0.3) is 0 Å². The van der Waals surface area contributed by atoms with E-state index in [4.69, 9.17) is 0 Å². The Morgan fingerprint density at radius 2 is 2.00 bits per heavy atom. The number of aliphatic hydroxyl groups is 1. The van der Waals surface area contributed by atoms with E-state index in [9.17, 15) is 23.4 Å². The summed E-state index contributed by atoms with van der Waals surface area (Å²) in [7, 11) is -3.55. The van der Waals surface area contributed by atoms with Crippen molar-refractivity contribution in [3.05, 3.63) is 64.7 Å². The van der Waals surface area contributed by atoms with Crippen molar-refractivity contribution in [2.75, 3.05) is 17.2 Å². The van der Waals surface area contributed by atoms with E-state index in [1.807, 2.05) is 0 Å². The van der Waals surface area contributed by atoms with E-state index < -0.39 is 22.1 Å². The number of carbonyl (C=O) groups is 1. The molecule has 2 aromatic carbocycles. The molecule has 0 heterocycles. The Bertz CT molecular complexity index is 974. The van der Waals surface area contributed by atoms with Crippen LogP contribution in [0.4, 0.5) is 5.69 Å². The molecule has 0 radical (unpaired) electrons. The number of aryl methyl sites for hydroxylation is 2. The zero-order chi connectivity index (χ0) is 20.3. The number of carboxylic acids is 1. The van der Waals surface area contributed by atoms with E-state index in [-0.39, 0.29) is 5.56 Å². The summed E-state index contributed by atoms with van der Waals surface area (Å²) in [6.45, 7) is 0.362. The van der Waals surface area contributed by atoms with Gasteiger partial charge in [-0.05, 0) is 60.6 Å². The second-order valence-electron chi connectivity index (χ2n) is 6.94. The summed E-state index contributed by atoms with van der Waals surface area (Å²) in [6, 6.07) is 12.0. The Morgan fingerprint density at radius 1 is 1.25 bits per heavy atom. The van der Waals surface area contributed by atoms with Crippen LogP contribution in [0.15, 0.2) is 42.5 Å². The average molecular weight is 404 g/mol. The standard InChI is InChI=1S/C20H24N2O5S/c1-28(26,27)22(16-9-10-17-15(13-16)8-11-19(17)23)21-12-4-6-14-5-2-3-7-18(14)20(24)25/h2-3,5,7,9-10,13,19,21,23H,4,6,8,11-12H2,1H3,(H,24,25). The van der Waals surface area contributed by atoms with Gasteiger partial charge in [-0.2, -0.15) is 0 Å². The van der Waals surface area contributed by atoms with Gasteiger partial charge in [0.15, 0.2) is 0 Å². The predicted octanol–water partition coefficient (Wildman–Crippen LogP) is 2.27. The first-order valence-corrected chi connectivity index (χ1v) is 11.0. The van der Waals surface area contributed by atoms with Gasteiger partial charge in [0.2, 0.25) is 10.0 Å². The number of fused-ring (bicyclic) bond motifs is 1. The third-order valence-electron chi connectivity index (χ3n) is 4.86. The minimum Gasteiger partial charge on any atom is -0.478 e. The van der Waals surface area contributed by atoms with Crippen LogP contribution in [0.1, 0.15) is 46.0 Å². The second-order valence-corrected chi connectivity index (χ2v) is 8.77. The maximum Gasteiger partial charge on any atom is 0.335 e. The molecule has 8 heteroatoms. The molecule has 3 rings (SSSR count). The zero-order valence-corrected chi connectivity index (χ0v) is 16.4. The van der Waals surface area contributed by atoms with Crippen molar-refractivity contribution < 1.29 is 23.4 Å². The van der Waals surface area contributed by atoms with Crippen molar-refractivity contribution in [1.29, 1.82) is 0 Å². The van der Waals surface area contributed by atoms with Crippen molar-refractivity contribution in [2.24, 2.45) is 0 Å². The number of anilines is 1. The van der Waals surface area contributed by atoms with Crippen LogP contribution in [-0.2, 0) is 22.9 Å². The minimum absolute atomic E-state index is 0.264. The molecule has 3 N–H and O–H groups in total. The topological polar surface area (TPSA) is 107 Å². The molecule has 0 aromatic heterocycles. The molecule has 28 heavy (non-hydrogen) atoms. The molecule has 0 amide bonds. The molecule has 1 aliphatic carbocycles. The van der Waals surface area contributed by atoms with Gasteiger partial charge in [-0.3, -0.25) is 0 Å². The van der Waals surface area contributed by atoms with Gasteiger partial charge < -0.3 is 10.2 Å². The maximum absolute atomic E-state index is 12.2. The third-order valence-corrected chi connectivity index (χ3v) is 5.87. The molecule has 0 saturated heterocycles. The summed E-state index contributed by atoms with van der Waals surface area (Å²) in [5.74, 6) is -0.971. The molecule has 0 spiro atoms. The Hall–Kier alpha value is -2.42. The highest BCUT2D eigenvalue weighted by Gasteiger charge is 2.23. The lowest BCUT2D eigenvalue weighted by molar-refractivity contribution is 0.0695. The third kappa shape index (κ3) is 4.52. The monoisotopic (exact) mass is 404 g/mol. The number of sulfonamides is 1. The zero-order valence-electron chi connectivity index (χ0n) is 15.6. The molecule has 1 atom stereocenters. The number of nitrogens with zero attached hydrogens (tertiary/aromatic N) is 1. The second kappa shape index (κ2) is 8.30. The summed E-state index contributed by atoms with van der Waals surface area (Å²) in [4.78, 5) is 11.3. The summed E-state index contributed by atoms with van der Waals surface area (Å²) in [5, 5.41) is 19.2. The van der Waals surface area contributed by atoms with Gasteiger partial charge in [0, 0.05) is 6.54 Å². The molecular weight excluding hydrogens is 380 g/mol. The summed E-state index contributed by atoms with van der Waals surface area (Å²) >= 11 is 0. The largest absolute Gasteiger partial charge is 0.478 e. The van der Waals surface area contributed by atoms with Crippen LogP contribution >= 0.6 is 0 Å². The van der Waals surface area contributed by atoms with E-state index in [1.165, 1.54) is 0 Å². The van der Waals surface area contributed by atoms with E-state index in [2.05, 4.69) is 5.43 Å².